The van der Waals surface area contributed by atoms with Crippen molar-refractivity contribution in [2.45, 2.75) is 95.9 Å². The Morgan fingerprint density at radius 3 is 2.58 bits per heavy atom. The lowest BCUT2D eigenvalue weighted by Gasteiger charge is -2.50. The molecular weight excluding hydrogens is 572 g/mol. The number of aromatic nitrogens is 2. The first-order valence-corrected chi connectivity index (χ1v) is 16.6. The van der Waals surface area contributed by atoms with Gasteiger partial charge in [0.2, 0.25) is 0 Å². The van der Waals surface area contributed by atoms with Gasteiger partial charge in [-0.2, -0.15) is 0 Å². The number of hydrogen-bond acceptors (Lipinski definition) is 8. The summed E-state index contributed by atoms with van der Waals surface area (Å²) in [5.74, 6) is -0.307. The zero-order valence-corrected chi connectivity index (χ0v) is 26.3. The van der Waals surface area contributed by atoms with Crippen molar-refractivity contribution in [1.29, 1.82) is 0 Å². The molecule has 0 radical (unpaired) electrons. The highest BCUT2D eigenvalue weighted by atomic mass is 16.6. The number of nitrogens with zero attached hydrogens (tertiary/aromatic N) is 4. The van der Waals surface area contributed by atoms with E-state index < -0.39 is 11.6 Å². The molecule has 10 nitrogen and oxygen atoms in total. The Morgan fingerprint density at radius 1 is 1.07 bits per heavy atom. The largest absolute Gasteiger partial charge is 0.458 e. The highest BCUT2D eigenvalue weighted by Crippen LogP contribution is 2.40. The monoisotopic (exact) mass is 614 g/mol. The van der Waals surface area contributed by atoms with Crippen molar-refractivity contribution in [2.24, 2.45) is 0 Å². The van der Waals surface area contributed by atoms with Crippen LogP contribution in [0.5, 0.6) is 5.75 Å². The first kappa shape index (κ1) is 29.9. The van der Waals surface area contributed by atoms with Gasteiger partial charge in [-0.1, -0.05) is 39.2 Å². The second-order valence-corrected chi connectivity index (χ2v) is 13.2. The average Bonchev–Trinajstić information content (AvgIpc) is 3.43. The molecule has 1 N–H and O–H groups in total. The number of aliphatic hydroxyl groups is 1. The number of piperidine rings is 2. The van der Waals surface area contributed by atoms with Crippen LogP contribution in [-0.4, -0.2) is 68.2 Å². The Labute approximate surface area is 262 Å². The number of amides is 1. The van der Waals surface area contributed by atoms with Crippen molar-refractivity contribution >= 4 is 23.0 Å². The average molecular weight is 615 g/mol. The molecule has 1 aromatic carbocycles. The van der Waals surface area contributed by atoms with Crippen LogP contribution in [0.3, 0.4) is 0 Å². The van der Waals surface area contributed by atoms with Crippen LogP contribution >= 0.6 is 0 Å². The first-order valence-electron chi connectivity index (χ1n) is 16.6. The number of rotatable bonds is 6. The summed E-state index contributed by atoms with van der Waals surface area (Å²) in [4.78, 5) is 48.9. The number of benzene rings is 1. The molecule has 2 aromatic heterocycles. The Balaban J connectivity index is 1.14. The summed E-state index contributed by atoms with van der Waals surface area (Å²) in [7, 11) is 0. The van der Waals surface area contributed by atoms with Crippen LogP contribution in [-0.2, 0) is 28.3 Å². The van der Waals surface area contributed by atoms with E-state index in [1.165, 1.54) is 38.5 Å². The van der Waals surface area contributed by atoms with Crippen molar-refractivity contribution in [2.75, 3.05) is 26.2 Å². The van der Waals surface area contributed by atoms with E-state index in [-0.39, 0.29) is 47.9 Å². The zero-order chi connectivity index (χ0) is 31.3. The molecule has 238 valence electrons. The SMILES string of the molecule is CCCCC1(N2CCCCC2)CCN(C(=O)Oc2cccc3nc4c(cc23)Cn2c-4cc3c(c2=O)COC(=O)[C@]3(O)CC)CC1. The summed E-state index contributed by atoms with van der Waals surface area (Å²) < 4.78 is 12.8. The van der Waals surface area contributed by atoms with Crippen molar-refractivity contribution in [1.82, 2.24) is 19.4 Å². The van der Waals surface area contributed by atoms with E-state index in [9.17, 15) is 19.5 Å². The van der Waals surface area contributed by atoms with Gasteiger partial charge >= 0.3 is 12.1 Å². The van der Waals surface area contributed by atoms with Gasteiger partial charge < -0.3 is 24.0 Å². The molecule has 0 aliphatic carbocycles. The summed E-state index contributed by atoms with van der Waals surface area (Å²) in [6.07, 6.45) is 9.07. The van der Waals surface area contributed by atoms with E-state index >= 15 is 0 Å². The van der Waals surface area contributed by atoms with E-state index in [2.05, 4.69) is 11.8 Å². The lowest BCUT2D eigenvalue weighted by Crippen LogP contribution is -2.57. The molecule has 3 aromatic rings. The predicted octanol–water partition coefficient (Wildman–Crippen LogP) is 5.09. The fourth-order valence-electron chi connectivity index (χ4n) is 7.93. The molecule has 1 atom stereocenters. The molecular formula is C35H42N4O6. The third-order valence-electron chi connectivity index (χ3n) is 10.7. The number of likely N-dealkylation sites (tertiary alicyclic amines) is 2. The highest BCUT2D eigenvalue weighted by Gasteiger charge is 2.45. The molecule has 45 heavy (non-hydrogen) atoms. The second-order valence-electron chi connectivity index (χ2n) is 13.2. The van der Waals surface area contributed by atoms with Gasteiger partial charge in [-0.15, -0.1) is 0 Å². The summed E-state index contributed by atoms with van der Waals surface area (Å²) in [5.41, 5.74) is 1.17. The lowest BCUT2D eigenvalue weighted by atomic mass is 9.80. The van der Waals surface area contributed by atoms with Gasteiger partial charge in [0.15, 0.2) is 5.60 Å². The van der Waals surface area contributed by atoms with Gasteiger partial charge in [0, 0.05) is 35.1 Å². The number of carbonyl (C=O) groups excluding carboxylic acids is 2. The van der Waals surface area contributed by atoms with Gasteiger partial charge in [-0.05, 0) is 75.9 Å². The van der Waals surface area contributed by atoms with Crippen molar-refractivity contribution in [3.8, 4) is 17.1 Å². The maximum absolute atomic E-state index is 13.5. The van der Waals surface area contributed by atoms with Gasteiger partial charge in [-0.25, -0.2) is 14.6 Å². The Bertz CT molecular complexity index is 1720. The number of carbonyl (C=O) groups is 2. The summed E-state index contributed by atoms with van der Waals surface area (Å²) in [6.45, 7) is 7.71. The third kappa shape index (κ3) is 4.93. The van der Waals surface area contributed by atoms with Crippen LogP contribution in [0.15, 0.2) is 35.1 Å². The molecule has 4 aliphatic rings. The van der Waals surface area contributed by atoms with Crippen LogP contribution in [0.1, 0.15) is 88.3 Å². The maximum atomic E-state index is 13.5. The molecule has 6 heterocycles. The summed E-state index contributed by atoms with van der Waals surface area (Å²) in [5, 5.41) is 11.8. The molecule has 2 fully saturated rings. The third-order valence-corrected chi connectivity index (χ3v) is 10.7. The van der Waals surface area contributed by atoms with Gasteiger partial charge in [0.25, 0.3) is 5.56 Å². The van der Waals surface area contributed by atoms with E-state index in [1.807, 2.05) is 23.1 Å². The van der Waals surface area contributed by atoms with E-state index in [1.54, 1.807) is 23.6 Å². The van der Waals surface area contributed by atoms with Crippen LogP contribution in [0.4, 0.5) is 4.79 Å². The molecule has 7 rings (SSSR count). The van der Waals surface area contributed by atoms with Crippen molar-refractivity contribution < 1.29 is 24.2 Å². The summed E-state index contributed by atoms with van der Waals surface area (Å²) in [6, 6.07) is 9.09. The highest BCUT2D eigenvalue weighted by molar-refractivity contribution is 5.91. The standard InChI is InChI=1S/C35H42N4O6/c1-3-5-12-34(38-15-7-6-8-16-38)13-17-37(18-14-34)33(42)45-29-11-9-10-27-24(29)19-23-21-39-28(30(23)36-27)20-26-25(31(39)40)22-44-32(41)35(26,43)4-2/h9-11,19-20,43H,3-8,12-18,21-22H2,1-2H3/t35-/m0/s1. The number of hydrogen-bond donors (Lipinski definition) is 1. The van der Waals surface area contributed by atoms with E-state index in [0.29, 0.717) is 41.1 Å². The van der Waals surface area contributed by atoms with Gasteiger partial charge in [0.1, 0.15) is 12.4 Å². The van der Waals surface area contributed by atoms with Gasteiger partial charge in [0.05, 0.1) is 29.0 Å². The van der Waals surface area contributed by atoms with Crippen molar-refractivity contribution in [3.05, 3.63) is 57.4 Å². The first-order chi connectivity index (χ1) is 21.8. The maximum Gasteiger partial charge on any atom is 0.415 e. The Hall–Kier alpha value is -3.76. The molecule has 2 saturated heterocycles. The Morgan fingerprint density at radius 2 is 1.84 bits per heavy atom. The Kier molecular flexibility index (Phi) is 7.68. The van der Waals surface area contributed by atoms with Crippen molar-refractivity contribution in [3.63, 3.8) is 0 Å². The number of pyridine rings is 2. The number of cyclic esters (lactones) is 1. The van der Waals surface area contributed by atoms with Crippen LogP contribution in [0.2, 0.25) is 0 Å². The molecule has 0 unspecified atom stereocenters. The molecule has 0 spiro atoms. The van der Waals surface area contributed by atoms with Crippen LogP contribution < -0.4 is 10.3 Å². The molecule has 4 aliphatic heterocycles. The quantitative estimate of drug-likeness (QED) is 0.299. The number of esters is 1. The topological polar surface area (TPSA) is 114 Å². The normalized spacial score (nSPS) is 22.5. The second kappa shape index (κ2) is 11.6. The number of ether oxygens (including phenoxy) is 2. The van der Waals surface area contributed by atoms with Crippen LogP contribution in [0.25, 0.3) is 22.3 Å². The minimum absolute atomic E-state index is 0.0868. The molecule has 0 bridgehead atoms. The van der Waals surface area contributed by atoms with E-state index in [0.717, 1.165) is 31.5 Å². The zero-order valence-electron chi connectivity index (χ0n) is 26.3. The minimum atomic E-state index is -1.87. The fraction of sp³-hybridized carbons (Fsp3) is 0.543. The summed E-state index contributed by atoms with van der Waals surface area (Å²) >= 11 is 0. The molecule has 10 heteroatoms. The molecule has 1 amide bonds. The minimum Gasteiger partial charge on any atom is -0.458 e. The number of unbranched alkanes of at least 4 members (excludes halogenated alkanes) is 1. The van der Waals surface area contributed by atoms with E-state index in [4.69, 9.17) is 14.5 Å². The van der Waals surface area contributed by atoms with Gasteiger partial charge in [-0.3, -0.25) is 9.69 Å². The van der Waals surface area contributed by atoms with Crippen LogP contribution in [0, 0.1) is 0 Å². The number of fused-ring (bicyclic) bond motifs is 5. The predicted molar refractivity (Wildman–Crippen MR) is 169 cm³/mol. The lowest BCUT2D eigenvalue weighted by molar-refractivity contribution is -0.172. The molecule has 0 saturated carbocycles. The fourth-order valence-corrected chi connectivity index (χ4v) is 7.93. The smallest absolute Gasteiger partial charge is 0.415 e.